The van der Waals surface area contributed by atoms with E-state index in [0.717, 1.165) is 39.4 Å². The molecular formula is C60H58N4O. The number of rotatable bonds is 7. The third kappa shape index (κ3) is 8.05. The lowest BCUT2D eigenvalue weighted by molar-refractivity contribution is 0.483. The van der Waals surface area contributed by atoms with Gasteiger partial charge in [0.1, 0.15) is 24.0 Å². The molecule has 9 aromatic rings. The van der Waals surface area contributed by atoms with Crippen LogP contribution in [-0.2, 0) is 16.2 Å². The first-order chi connectivity index (χ1) is 31.1. The van der Waals surface area contributed by atoms with Crippen LogP contribution in [0.5, 0.6) is 11.5 Å². The zero-order valence-electron chi connectivity index (χ0n) is 39.1. The van der Waals surface area contributed by atoms with E-state index in [1.165, 1.54) is 61.4 Å². The fraction of sp³-hybridized carbons (Fsp3) is 0.217. The summed E-state index contributed by atoms with van der Waals surface area (Å²) in [6.45, 7) is 21.2. The van der Waals surface area contributed by atoms with Gasteiger partial charge in [-0.2, -0.15) is 0 Å². The molecule has 1 aliphatic rings. The number of anilines is 4. The van der Waals surface area contributed by atoms with E-state index >= 15 is 0 Å². The highest BCUT2D eigenvalue weighted by atomic mass is 16.5. The molecule has 0 spiro atoms. The quantitative estimate of drug-likeness (QED) is 0.160. The van der Waals surface area contributed by atoms with Gasteiger partial charge < -0.3 is 14.5 Å². The van der Waals surface area contributed by atoms with Crippen LogP contribution in [0.25, 0.3) is 49.9 Å². The highest BCUT2D eigenvalue weighted by Gasteiger charge is 2.31. The van der Waals surface area contributed by atoms with E-state index in [4.69, 9.17) is 9.72 Å². The third-order valence-corrected chi connectivity index (χ3v) is 13.0. The molecular weight excluding hydrogens is 793 g/mol. The van der Waals surface area contributed by atoms with E-state index in [1.54, 1.807) is 0 Å². The van der Waals surface area contributed by atoms with Crippen LogP contribution in [0.1, 0.15) is 79.0 Å². The lowest BCUT2D eigenvalue weighted by Crippen LogP contribution is -2.24. The Morgan fingerprint density at radius 3 is 1.78 bits per heavy atom. The highest BCUT2D eigenvalue weighted by Crippen LogP contribution is 2.48. The van der Waals surface area contributed by atoms with Gasteiger partial charge in [0.2, 0.25) is 0 Å². The van der Waals surface area contributed by atoms with E-state index in [-0.39, 0.29) is 16.2 Å². The smallest absolute Gasteiger partial charge is 0.137 e. The van der Waals surface area contributed by atoms with E-state index in [1.807, 2.05) is 6.20 Å². The molecule has 0 amide bonds. The van der Waals surface area contributed by atoms with Gasteiger partial charge in [0.05, 0.1) is 22.4 Å². The predicted octanol–water partition coefficient (Wildman–Crippen LogP) is 16.4. The van der Waals surface area contributed by atoms with Crippen molar-refractivity contribution in [3.8, 4) is 39.6 Å². The van der Waals surface area contributed by atoms with E-state index in [2.05, 4.69) is 247 Å². The highest BCUT2D eigenvalue weighted by molar-refractivity contribution is 6.10. The van der Waals surface area contributed by atoms with Crippen LogP contribution in [0.2, 0.25) is 0 Å². The van der Waals surface area contributed by atoms with Gasteiger partial charge in [-0.15, -0.1) is 0 Å². The molecule has 65 heavy (non-hydrogen) atoms. The molecule has 0 atom stereocenters. The van der Waals surface area contributed by atoms with Crippen LogP contribution in [0, 0.1) is 0 Å². The minimum Gasteiger partial charge on any atom is -0.457 e. The molecule has 0 fully saturated rings. The largest absolute Gasteiger partial charge is 0.457 e. The van der Waals surface area contributed by atoms with Crippen molar-refractivity contribution in [2.75, 3.05) is 16.5 Å². The fourth-order valence-electron chi connectivity index (χ4n) is 9.15. The number of fused-ring (bicyclic) bond motifs is 4. The summed E-state index contributed by atoms with van der Waals surface area (Å²) in [7, 11) is 0. The first-order valence-electron chi connectivity index (χ1n) is 22.9. The molecule has 324 valence electrons. The predicted molar refractivity (Wildman–Crippen MR) is 274 cm³/mol. The molecule has 0 unspecified atom stereocenters. The average molecular weight is 851 g/mol. The minimum atomic E-state index is -0.0316. The monoisotopic (exact) mass is 850 g/mol. The van der Waals surface area contributed by atoms with Crippen molar-refractivity contribution in [1.82, 2.24) is 9.55 Å². The number of pyridine rings is 1. The zero-order valence-corrected chi connectivity index (χ0v) is 39.1. The summed E-state index contributed by atoms with van der Waals surface area (Å²) < 4.78 is 9.14. The summed E-state index contributed by atoms with van der Waals surface area (Å²) in [5, 5.41) is 2.32. The SMILES string of the molecule is CC(C)(C)c1cc(-c2ccccc2)cc(N2CN(c3cccc(Oc4ccc5c6cc(-c7ccccc7)ccc6n(-c6cc(C(C)(C)C)ccn6)c5c4)c3)c3ccc(C(C)(C)C)cc32)c1. The van der Waals surface area contributed by atoms with Gasteiger partial charge in [0.15, 0.2) is 0 Å². The van der Waals surface area contributed by atoms with Gasteiger partial charge in [-0.3, -0.25) is 4.57 Å². The normalized spacial score (nSPS) is 13.2. The Hall–Kier alpha value is -7.11. The standard InChI is InChI=1S/C60H58N4O/c1-58(2,3)44-24-28-54-56(35-44)63(48-32-43(41-19-14-11-15-20-41)31-46(34-48)60(7,8)9)39-62(54)47-21-16-22-49(37-47)65-50-25-26-51-52-33-42(40-17-12-10-13-18-40)23-27-53(52)64(55(51)38-50)57-36-45(29-30-61-57)59(4,5)6/h10-38H,39H2,1-9H3. The first kappa shape index (κ1) is 41.9. The fourth-order valence-corrected chi connectivity index (χ4v) is 9.15. The molecule has 1 aliphatic heterocycles. The van der Waals surface area contributed by atoms with Gasteiger partial charge >= 0.3 is 0 Å². The van der Waals surface area contributed by atoms with Gasteiger partial charge in [-0.05, 0) is 128 Å². The second-order valence-electron chi connectivity index (χ2n) is 20.7. The Kier molecular flexibility index (Phi) is 10.2. The number of benzene rings is 7. The van der Waals surface area contributed by atoms with E-state index in [0.29, 0.717) is 6.67 Å². The van der Waals surface area contributed by atoms with Gasteiger partial charge in [0.25, 0.3) is 0 Å². The van der Waals surface area contributed by atoms with Gasteiger partial charge in [0, 0.05) is 40.5 Å². The van der Waals surface area contributed by atoms with Crippen molar-refractivity contribution < 1.29 is 4.74 Å². The Labute approximate surface area is 384 Å². The summed E-state index contributed by atoms with van der Waals surface area (Å²) in [5.41, 5.74) is 15.4. The zero-order chi connectivity index (χ0) is 45.3. The molecule has 7 aromatic carbocycles. The Bertz CT molecular complexity index is 3220. The van der Waals surface area contributed by atoms with Crippen LogP contribution in [0.4, 0.5) is 22.7 Å². The maximum absolute atomic E-state index is 6.85. The lowest BCUT2D eigenvalue weighted by Gasteiger charge is -2.27. The van der Waals surface area contributed by atoms with E-state index in [9.17, 15) is 0 Å². The third-order valence-electron chi connectivity index (χ3n) is 13.0. The molecule has 0 saturated carbocycles. The van der Waals surface area contributed by atoms with Crippen molar-refractivity contribution in [3.05, 3.63) is 193 Å². The summed E-state index contributed by atoms with van der Waals surface area (Å²) >= 11 is 0. The van der Waals surface area contributed by atoms with Gasteiger partial charge in [-0.25, -0.2) is 4.98 Å². The number of hydrogen-bond acceptors (Lipinski definition) is 4. The van der Waals surface area contributed by atoms with E-state index < -0.39 is 0 Å². The van der Waals surface area contributed by atoms with Crippen LogP contribution < -0.4 is 14.5 Å². The molecule has 0 N–H and O–H groups in total. The number of ether oxygens (including phenoxy) is 1. The molecule has 5 nitrogen and oxygen atoms in total. The van der Waals surface area contributed by atoms with Crippen molar-refractivity contribution in [1.29, 1.82) is 0 Å². The van der Waals surface area contributed by atoms with Crippen molar-refractivity contribution >= 4 is 44.6 Å². The number of nitrogens with zero attached hydrogens (tertiary/aromatic N) is 4. The summed E-state index contributed by atoms with van der Waals surface area (Å²) in [6, 6.07) is 61.5. The number of aromatic nitrogens is 2. The van der Waals surface area contributed by atoms with Crippen LogP contribution >= 0.6 is 0 Å². The Balaban J connectivity index is 1.05. The molecule has 0 radical (unpaired) electrons. The van der Waals surface area contributed by atoms with Crippen LogP contribution in [0.15, 0.2) is 176 Å². The van der Waals surface area contributed by atoms with Crippen molar-refractivity contribution in [2.45, 2.75) is 78.6 Å². The molecule has 10 rings (SSSR count). The summed E-state index contributed by atoms with van der Waals surface area (Å²) in [5.74, 6) is 2.43. The lowest BCUT2D eigenvalue weighted by atomic mass is 9.84. The average Bonchev–Trinajstić information content (AvgIpc) is 3.84. The van der Waals surface area contributed by atoms with Gasteiger partial charge in [-0.1, -0.05) is 147 Å². The summed E-state index contributed by atoms with van der Waals surface area (Å²) in [6.07, 6.45) is 1.93. The Morgan fingerprint density at radius 1 is 0.415 bits per heavy atom. The second-order valence-corrected chi connectivity index (χ2v) is 20.7. The molecule has 3 heterocycles. The van der Waals surface area contributed by atoms with Crippen molar-refractivity contribution in [3.63, 3.8) is 0 Å². The minimum absolute atomic E-state index is 0.00716. The van der Waals surface area contributed by atoms with Crippen LogP contribution in [0.3, 0.4) is 0 Å². The Morgan fingerprint density at radius 2 is 1.08 bits per heavy atom. The number of hydrogen-bond donors (Lipinski definition) is 0. The first-order valence-corrected chi connectivity index (χ1v) is 22.9. The second kappa shape index (κ2) is 15.8. The topological polar surface area (TPSA) is 33.5 Å². The molecule has 2 aromatic heterocycles. The van der Waals surface area contributed by atoms with Crippen molar-refractivity contribution in [2.24, 2.45) is 0 Å². The maximum atomic E-state index is 6.85. The maximum Gasteiger partial charge on any atom is 0.137 e. The molecule has 0 saturated heterocycles. The molecule has 0 aliphatic carbocycles. The van der Waals surface area contributed by atoms with Crippen LogP contribution in [-0.4, -0.2) is 16.2 Å². The molecule has 5 heteroatoms. The summed E-state index contributed by atoms with van der Waals surface area (Å²) in [4.78, 5) is 9.86. The molecule has 0 bridgehead atoms.